The lowest BCUT2D eigenvalue weighted by Gasteiger charge is -2.09. The van der Waals surface area contributed by atoms with Gasteiger partial charge in [-0.25, -0.2) is 0 Å². The van der Waals surface area contributed by atoms with Crippen LogP contribution >= 0.6 is 11.5 Å². The van der Waals surface area contributed by atoms with E-state index in [0.29, 0.717) is 11.4 Å². The van der Waals surface area contributed by atoms with Crippen LogP contribution in [0, 0.1) is 0 Å². The summed E-state index contributed by atoms with van der Waals surface area (Å²) in [6.07, 6.45) is 3.57. The van der Waals surface area contributed by atoms with Gasteiger partial charge in [-0.05, 0) is 62.3 Å². The maximum absolute atomic E-state index is 11.9. The highest BCUT2D eigenvalue weighted by Crippen LogP contribution is 2.41. The van der Waals surface area contributed by atoms with Crippen molar-refractivity contribution < 1.29 is 19.7 Å². The Morgan fingerprint density at radius 2 is 1.88 bits per heavy atom. The van der Waals surface area contributed by atoms with Crippen LogP contribution in [0.4, 0.5) is 0 Å². The highest BCUT2D eigenvalue weighted by atomic mass is 32.1. The SMILES string of the molecule is COC(=O)C(C)c1nsc2ccc(-n3c(O)c4c(c3O)CCCC4)cc12. The second-order valence-electron chi connectivity index (χ2n) is 6.64. The Labute approximate surface area is 154 Å². The van der Waals surface area contributed by atoms with Gasteiger partial charge in [0.2, 0.25) is 11.8 Å². The van der Waals surface area contributed by atoms with Gasteiger partial charge in [0, 0.05) is 16.5 Å². The second kappa shape index (κ2) is 6.32. The number of carbonyl (C=O) groups excluding carboxylic acids is 1. The first-order chi connectivity index (χ1) is 12.5. The van der Waals surface area contributed by atoms with Crippen LogP contribution in [0.3, 0.4) is 0 Å². The molecule has 0 saturated carbocycles. The number of hydrogen-bond acceptors (Lipinski definition) is 6. The van der Waals surface area contributed by atoms with Crippen molar-refractivity contribution in [1.29, 1.82) is 0 Å². The van der Waals surface area contributed by atoms with Crippen molar-refractivity contribution in [2.75, 3.05) is 7.11 Å². The summed E-state index contributed by atoms with van der Waals surface area (Å²) >= 11 is 1.32. The van der Waals surface area contributed by atoms with Crippen LogP contribution in [0.25, 0.3) is 15.8 Å². The third kappa shape index (κ3) is 2.46. The molecule has 0 spiro atoms. The predicted molar refractivity (Wildman–Crippen MR) is 99.3 cm³/mol. The fourth-order valence-electron chi connectivity index (χ4n) is 3.70. The molecule has 26 heavy (non-hydrogen) atoms. The van der Waals surface area contributed by atoms with E-state index < -0.39 is 5.92 Å². The largest absolute Gasteiger partial charge is 0.494 e. The summed E-state index contributed by atoms with van der Waals surface area (Å²) in [5.41, 5.74) is 2.97. The van der Waals surface area contributed by atoms with Gasteiger partial charge >= 0.3 is 5.97 Å². The number of hydrogen-bond donors (Lipinski definition) is 2. The molecule has 2 aromatic heterocycles. The first-order valence-electron chi connectivity index (χ1n) is 8.64. The van der Waals surface area contributed by atoms with Gasteiger partial charge in [-0.1, -0.05) is 0 Å². The number of fused-ring (bicyclic) bond motifs is 2. The average molecular weight is 372 g/mol. The molecule has 0 saturated heterocycles. The van der Waals surface area contributed by atoms with Gasteiger partial charge in [-0.3, -0.25) is 9.36 Å². The van der Waals surface area contributed by atoms with E-state index in [0.717, 1.165) is 46.9 Å². The molecule has 1 aromatic carbocycles. The molecule has 0 fully saturated rings. The minimum atomic E-state index is -0.482. The van der Waals surface area contributed by atoms with Crippen LogP contribution in [0.5, 0.6) is 11.8 Å². The van der Waals surface area contributed by atoms with Gasteiger partial charge in [0.25, 0.3) is 0 Å². The van der Waals surface area contributed by atoms with Crippen LogP contribution in [-0.4, -0.2) is 32.2 Å². The van der Waals surface area contributed by atoms with E-state index >= 15 is 0 Å². The monoisotopic (exact) mass is 372 g/mol. The van der Waals surface area contributed by atoms with Crippen molar-refractivity contribution in [2.45, 2.75) is 38.5 Å². The number of esters is 1. The minimum absolute atomic E-state index is 0.0994. The Balaban J connectivity index is 1.86. The van der Waals surface area contributed by atoms with Gasteiger partial charge in [0.15, 0.2) is 0 Å². The molecule has 2 heterocycles. The third-order valence-electron chi connectivity index (χ3n) is 5.14. The number of benzene rings is 1. The first-order valence-corrected chi connectivity index (χ1v) is 9.42. The molecule has 2 N–H and O–H groups in total. The summed E-state index contributed by atoms with van der Waals surface area (Å²) in [5, 5.41) is 22.1. The molecule has 7 heteroatoms. The molecule has 0 bridgehead atoms. The Morgan fingerprint density at radius 1 is 1.23 bits per heavy atom. The zero-order chi connectivity index (χ0) is 18.4. The smallest absolute Gasteiger partial charge is 0.314 e. The molecule has 1 atom stereocenters. The fourth-order valence-corrected chi connectivity index (χ4v) is 4.54. The van der Waals surface area contributed by atoms with E-state index in [2.05, 4.69) is 4.37 Å². The Kier molecular flexibility index (Phi) is 4.11. The molecule has 136 valence electrons. The summed E-state index contributed by atoms with van der Waals surface area (Å²) in [4.78, 5) is 11.9. The molecule has 6 nitrogen and oxygen atoms in total. The summed E-state index contributed by atoms with van der Waals surface area (Å²) in [6.45, 7) is 1.76. The summed E-state index contributed by atoms with van der Waals surface area (Å²) in [6, 6.07) is 5.60. The molecule has 0 amide bonds. The van der Waals surface area contributed by atoms with Gasteiger partial charge in [0.05, 0.1) is 29.1 Å². The van der Waals surface area contributed by atoms with Crippen LogP contribution in [0.15, 0.2) is 18.2 Å². The molecule has 0 aliphatic heterocycles. The molecule has 4 rings (SSSR count). The number of methoxy groups -OCH3 is 1. The first kappa shape index (κ1) is 16.9. The molecule has 0 radical (unpaired) electrons. The van der Waals surface area contributed by atoms with E-state index in [1.54, 1.807) is 6.92 Å². The normalized spacial score (nSPS) is 15.0. The van der Waals surface area contributed by atoms with Gasteiger partial charge in [0.1, 0.15) is 0 Å². The zero-order valence-corrected chi connectivity index (χ0v) is 15.5. The summed E-state index contributed by atoms with van der Waals surface area (Å²) in [7, 11) is 1.36. The topological polar surface area (TPSA) is 84.6 Å². The molecule has 1 unspecified atom stereocenters. The number of aromatic nitrogens is 2. The van der Waals surface area contributed by atoms with E-state index in [9.17, 15) is 15.0 Å². The second-order valence-corrected chi connectivity index (χ2v) is 7.44. The Hall–Kier alpha value is -2.54. The number of aromatic hydroxyl groups is 2. The quantitative estimate of drug-likeness (QED) is 0.686. The summed E-state index contributed by atoms with van der Waals surface area (Å²) < 4.78 is 11.7. The standard InChI is InChI=1S/C19H20N2O4S/c1-10(19(24)25-2)16-14-9-11(7-8-15(14)26-20-16)21-17(22)12-5-3-4-6-13(12)18(21)23/h7-10,22-23H,3-6H2,1-2H3. The van der Waals surface area contributed by atoms with Crippen LogP contribution in [0.1, 0.15) is 42.5 Å². The molecule has 1 aliphatic carbocycles. The minimum Gasteiger partial charge on any atom is -0.494 e. The van der Waals surface area contributed by atoms with Crippen molar-refractivity contribution in [3.05, 3.63) is 35.0 Å². The van der Waals surface area contributed by atoms with E-state index in [1.165, 1.54) is 23.2 Å². The molecular formula is C19H20N2O4S. The maximum atomic E-state index is 11.9. The van der Waals surface area contributed by atoms with Gasteiger partial charge in [-0.2, -0.15) is 4.37 Å². The van der Waals surface area contributed by atoms with Crippen molar-refractivity contribution in [1.82, 2.24) is 8.94 Å². The lowest BCUT2D eigenvalue weighted by molar-refractivity contribution is -0.142. The average Bonchev–Trinajstić information content (AvgIpc) is 3.20. The van der Waals surface area contributed by atoms with Crippen molar-refractivity contribution >= 4 is 27.6 Å². The van der Waals surface area contributed by atoms with Crippen molar-refractivity contribution in [3.8, 4) is 17.4 Å². The van der Waals surface area contributed by atoms with Crippen LogP contribution in [0.2, 0.25) is 0 Å². The number of nitrogens with zero attached hydrogens (tertiary/aromatic N) is 2. The predicted octanol–water partition coefficient (Wildman–Crippen LogP) is 3.65. The van der Waals surface area contributed by atoms with Gasteiger partial charge < -0.3 is 14.9 Å². The van der Waals surface area contributed by atoms with E-state index in [1.807, 2.05) is 18.2 Å². The van der Waals surface area contributed by atoms with Crippen LogP contribution < -0.4 is 0 Å². The van der Waals surface area contributed by atoms with Crippen LogP contribution in [-0.2, 0) is 22.4 Å². The lowest BCUT2D eigenvalue weighted by Crippen LogP contribution is -2.11. The molecular weight excluding hydrogens is 352 g/mol. The summed E-state index contributed by atoms with van der Waals surface area (Å²) in [5.74, 6) is -0.626. The highest BCUT2D eigenvalue weighted by Gasteiger charge is 2.26. The maximum Gasteiger partial charge on any atom is 0.314 e. The zero-order valence-electron chi connectivity index (χ0n) is 14.7. The third-order valence-corrected chi connectivity index (χ3v) is 5.98. The van der Waals surface area contributed by atoms with Gasteiger partial charge in [-0.15, -0.1) is 0 Å². The molecule has 1 aliphatic rings. The Bertz CT molecular complexity index is 975. The van der Waals surface area contributed by atoms with E-state index in [-0.39, 0.29) is 17.7 Å². The number of ether oxygens (including phenoxy) is 1. The highest BCUT2D eigenvalue weighted by molar-refractivity contribution is 7.13. The van der Waals surface area contributed by atoms with Crippen molar-refractivity contribution in [3.63, 3.8) is 0 Å². The fraction of sp³-hybridized carbons (Fsp3) is 0.368. The number of rotatable bonds is 3. The number of carbonyl (C=O) groups is 1. The Morgan fingerprint density at radius 3 is 2.50 bits per heavy atom. The van der Waals surface area contributed by atoms with Crippen molar-refractivity contribution in [2.24, 2.45) is 0 Å². The lowest BCUT2D eigenvalue weighted by atomic mass is 9.95. The van der Waals surface area contributed by atoms with E-state index in [4.69, 9.17) is 4.74 Å². The molecule has 3 aromatic rings.